The van der Waals surface area contributed by atoms with Crippen molar-refractivity contribution in [2.75, 3.05) is 0 Å². The Balaban J connectivity index is 2.28. The van der Waals surface area contributed by atoms with Gasteiger partial charge in [-0.1, -0.05) is 35.3 Å². The van der Waals surface area contributed by atoms with E-state index in [1.165, 1.54) is 12.1 Å². The molecule has 100 valence electrons. The average molecular weight is 303 g/mol. The molecule has 1 nitrogen and oxygen atoms in total. The maximum absolute atomic E-state index is 13.5. The molecule has 0 amide bonds. The van der Waals surface area contributed by atoms with Crippen LogP contribution in [0.3, 0.4) is 0 Å². The summed E-state index contributed by atoms with van der Waals surface area (Å²) in [5.41, 5.74) is 0.217. The predicted molar refractivity (Wildman–Crippen MR) is 71.5 cm³/mol. The number of benzene rings is 2. The molecule has 0 aliphatic rings. The first-order valence-electron chi connectivity index (χ1n) is 5.55. The van der Waals surface area contributed by atoms with Gasteiger partial charge in [-0.05, 0) is 29.8 Å². The quantitative estimate of drug-likeness (QED) is 0.882. The molecule has 0 saturated carbocycles. The van der Waals surface area contributed by atoms with Crippen LogP contribution in [0, 0.1) is 11.6 Å². The molecule has 2 aromatic carbocycles. The lowest BCUT2D eigenvalue weighted by molar-refractivity contribution is 0.168. The van der Waals surface area contributed by atoms with Gasteiger partial charge in [0.1, 0.15) is 11.6 Å². The van der Waals surface area contributed by atoms with Crippen molar-refractivity contribution in [1.82, 2.24) is 0 Å². The number of aliphatic hydroxyl groups excluding tert-OH is 1. The average Bonchev–Trinajstić information content (AvgIpc) is 2.32. The van der Waals surface area contributed by atoms with Gasteiger partial charge in [-0.3, -0.25) is 0 Å². The highest BCUT2D eigenvalue weighted by molar-refractivity contribution is 6.35. The van der Waals surface area contributed by atoms with Crippen LogP contribution in [-0.2, 0) is 6.42 Å². The molecule has 1 N–H and O–H groups in total. The zero-order valence-electron chi connectivity index (χ0n) is 9.71. The van der Waals surface area contributed by atoms with Crippen LogP contribution in [0.15, 0.2) is 36.4 Å². The van der Waals surface area contributed by atoms with Crippen molar-refractivity contribution in [3.8, 4) is 0 Å². The van der Waals surface area contributed by atoms with E-state index in [1.54, 1.807) is 12.1 Å². The molecule has 0 fully saturated rings. The topological polar surface area (TPSA) is 20.2 Å². The summed E-state index contributed by atoms with van der Waals surface area (Å²) in [6.45, 7) is 0. The standard InChI is InChI=1S/C14H10Cl2F2O/c15-9-5-4-8(10(16)7-9)6-13(19)14-11(17)2-1-3-12(14)18/h1-5,7,13,19H,6H2. The van der Waals surface area contributed by atoms with Crippen molar-refractivity contribution < 1.29 is 13.9 Å². The van der Waals surface area contributed by atoms with Gasteiger partial charge in [-0.2, -0.15) is 0 Å². The van der Waals surface area contributed by atoms with E-state index in [-0.39, 0.29) is 12.0 Å². The second kappa shape index (κ2) is 5.87. The molecule has 0 aromatic heterocycles. The van der Waals surface area contributed by atoms with Crippen molar-refractivity contribution >= 4 is 23.2 Å². The van der Waals surface area contributed by atoms with Gasteiger partial charge < -0.3 is 5.11 Å². The Bertz CT molecular complexity index is 582. The Morgan fingerprint density at radius 1 is 1.05 bits per heavy atom. The van der Waals surface area contributed by atoms with Gasteiger partial charge in [-0.15, -0.1) is 0 Å². The predicted octanol–water partition coefficient (Wildman–Crippen LogP) is 4.55. The van der Waals surface area contributed by atoms with E-state index >= 15 is 0 Å². The minimum Gasteiger partial charge on any atom is -0.388 e. The minimum atomic E-state index is -1.31. The number of aliphatic hydroxyl groups is 1. The second-order valence-electron chi connectivity index (χ2n) is 4.09. The summed E-state index contributed by atoms with van der Waals surface area (Å²) < 4.78 is 27.0. The van der Waals surface area contributed by atoms with E-state index in [1.807, 2.05) is 0 Å². The SMILES string of the molecule is OC(Cc1ccc(Cl)cc1Cl)c1c(F)cccc1F. The minimum absolute atomic E-state index is 0.00779. The normalized spacial score (nSPS) is 12.5. The molecule has 0 saturated heterocycles. The third kappa shape index (κ3) is 3.24. The van der Waals surface area contributed by atoms with Crippen LogP contribution >= 0.6 is 23.2 Å². The fourth-order valence-electron chi connectivity index (χ4n) is 1.83. The van der Waals surface area contributed by atoms with Gasteiger partial charge in [-0.25, -0.2) is 8.78 Å². The highest BCUT2D eigenvalue weighted by Crippen LogP contribution is 2.28. The third-order valence-electron chi connectivity index (χ3n) is 2.76. The highest BCUT2D eigenvalue weighted by Gasteiger charge is 2.19. The Kier molecular flexibility index (Phi) is 4.40. The van der Waals surface area contributed by atoms with Crippen LogP contribution in [-0.4, -0.2) is 5.11 Å². The molecular formula is C14H10Cl2F2O. The number of hydrogen-bond acceptors (Lipinski definition) is 1. The largest absolute Gasteiger partial charge is 0.388 e. The number of hydrogen-bond donors (Lipinski definition) is 1. The molecule has 0 aliphatic carbocycles. The molecule has 1 unspecified atom stereocenters. The highest BCUT2D eigenvalue weighted by atomic mass is 35.5. The summed E-state index contributed by atoms with van der Waals surface area (Å²) in [5.74, 6) is -1.56. The van der Waals surface area contributed by atoms with Crippen LogP contribution in [0.25, 0.3) is 0 Å². The lowest BCUT2D eigenvalue weighted by Gasteiger charge is -2.14. The van der Waals surface area contributed by atoms with Crippen LogP contribution in [0.5, 0.6) is 0 Å². The van der Waals surface area contributed by atoms with Crippen molar-refractivity contribution in [2.45, 2.75) is 12.5 Å². The van der Waals surface area contributed by atoms with Crippen molar-refractivity contribution in [2.24, 2.45) is 0 Å². The zero-order valence-corrected chi connectivity index (χ0v) is 11.2. The van der Waals surface area contributed by atoms with Gasteiger partial charge in [0.15, 0.2) is 0 Å². The first kappa shape index (κ1) is 14.3. The zero-order chi connectivity index (χ0) is 14.0. The smallest absolute Gasteiger partial charge is 0.131 e. The van der Waals surface area contributed by atoms with Gasteiger partial charge in [0.05, 0.1) is 11.7 Å². The molecule has 0 radical (unpaired) electrons. The molecule has 5 heteroatoms. The second-order valence-corrected chi connectivity index (χ2v) is 4.93. The van der Waals surface area contributed by atoms with Gasteiger partial charge in [0.2, 0.25) is 0 Å². The number of halogens is 4. The lowest BCUT2D eigenvalue weighted by atomic mass is 10.0. The molecule has 1 atom stereocenters. The van der Waals surface area contributed by atoms with Crippen LogP contribution in [0.1, 0.15) is 17.2 Å². The van der Waals surface area contributed by atoms with E-state index in [2.05, 4.69) is 0 Å². The molecule has 2 aromatic rings. The molecule has 0 heterocycles. The first-order valence-corrected chi connectivity index (χ1v) is 6.30. The molecule has 19 heavy (non-hydrogen) atoms. The third-order valence-corrected chi connectivity index (χ3v) is 3.35. The summed E-state index contributed by atoms with van der Waals surface area (Å²) in [5, 5.41) is 10.8. The fraction of sp³-hybridized carbons (Fsp3) is 0.143. The van der Waals surface area contributed by atoms with E-state index in [9.17, 15) is 13.9 Å². The van der Waals surface area contributed by atoms with Crippen molar-refractivity contribution in [3.63, 3.8) is 0 Å². The van der Waals surface area contributed by atoms with Gasteiger partial charge in [0.25, 0.3) is 0 Å². The lowest BCUT2D eigenvalue weighted by Crippen LogP contribution is -2.07. The van der Waals surface area contributed by atoms with E-state index in [0.717, 1.165) is 12.1 Å². The Hall–Kier alpha value is -1.16. The maximum Gasteiger partial charge on any atom is 0.131 e. The Labute approximate surface area is 119 Å². The van der Waals surface area contributed by atoms with Gasteiger partial charge >= 0.3 is 0 Å². The van der Waals surface area contributed by atoms with E-state index < -0.39 is 17.7 Å². The van der Waals surface area contributed by atoms with Crippen LogP contribution in [0.4, 0.5) is 8.78 Å². The maximum atomic E-state index is 13.5. The molecule has 0 bridgehead atoms. The summed E-state index contributed by atoms with van der Waals surface area (Å²) in [7, 11) is 0. The summed E-state index contributed by atoms with van der Waals surface area (Å²) in [6.07, 6.45) is -1.30. The van der Waals surface area contributed by atoms with Crippen molar-refractivity contribution in [3.05, 3.63) is 69.2 Å². The molecule has 0 aliphatic heterocycles. The Morgan fingerprint density at radius 3 is 2.26 bits per heavy atom. The Morgan fingerprint density at radius 2 is 1.68 bits per heavy atom. The van der Waals surface area contributed by atoms with E-state index in [4.69, 9.17) is 23.2 Å². The van der Waals surface area contributed by atoms with Gasteiger partial charge in [0, 0.05) is 16.5 Å². The van der Waals surface area contributed by atoms with Crippen molar-refractivity contribution in [1.29, 1.82) is 0 Å². The molecular weight excluding hydrogens is 293 g/mol. The first-order chi connectivity index (χ1) is 8.99. The van der Waals surface area contributed by atoms with Crippen LogP contribution < -0.4 is 0 Å². The summed E-state index contributed by atoms with van der Waals surface area (Å²) >= 11 is 11.7. The fourth-order valence-corrected chi connectivity index (χ4v) is 2.31. The molecule has 0 spiro atoms. The van der Waals surface area contributed by atoms with E-state index in [0.29, 0.717) is 15.6 Å². The molecule has 2 rings (SSSR count). The summed E-state index contributed by atoms with van der Waals surface area (Å²) in [6, 6.07) is 8.19. The summed E-state index contributed by atoms with van der Waals surface area (Å²) in [4.78, 5) is 0. The monoisotopic (exact) mass is 302 g/mol. The number of rotatable bonds is 3. The van der Waals surface area contributed by atoms with Crippen LogP contribution in [0.2, 0.25) is 10.0 Å².